The average Bonchev–Trinajstić information content (AvgIpc) is 3.57. The van der Waals surface area contributed by atoms with Gasteiger partial charge in [-0.05, 0) is 62.9 Å². The molecule has 0 amide bonds. The molecular formula is C33H41F3N8O2S2. The third-order valence-corrected chi connectivity index (χ3v) is 12.1. The molecular weight excluding hydrogens is 662 g/mol. The Labute approximate surface area is 283 Å². The summed E-state index contributed by atoms with van der Waals surface area (Å²) < 4.78 is 67.0. The lowest BCUT2D eigenvalue weighted by Gasteiger charge is -2.42. The number of nitriles is 1. The minimum Gasteiger partial charge on any atom is -0.367 e. The van der Waals surface area contributed by atoms with Crippen LogP contribution in [0.5, 0.6) is 0 Å². The molecule has 1 N–H and O–H groups in total. The van der Waals surface area contributed by atoms with Crippen molar-refractivity contribution in [2.75, 3.05) is 44.3 Å². The van der Waals surface area contributed by atoms with E-state index >= 15 is 0 Å². The van der Waals surface area contributed by atoms with E-state index in [1.54, 1.807) is 10.4 Å². The van der Waals surface area contributed by atoms with Crippen molar-refractivity contribution in [2.45, 2.75) is 77.4 Å². The number of nitrogens with zero attached hydrogens (tertiary/aromatic N) is 7. The van der Waals surface area contributed by atoms with Crippen LogP contribution in [-0.4, -0.2) is 100 Å². The fourth-order valence-electron chi connectivity index (χ4n) is 7.50. The minimum absolute atomic E-state index is 0.115. The molecule has 2 atom stereocenters. The van der Waals surface area contributed by atoms with Gasteiger partial charge in [-0.15, -0.1) is 11.3 Å². The highest BCUT2D eigenvalue weighted by atomic mass is 32.2. The van der Waals surface area contributed by atoms with E-state index in [9.17, 15) is 26.9 Å². The van der Waals surface area contributed by atoms with Gasteiger partial charge in [-0.3, -0.25) is 9.80 Å². The van der Waals surface area contributed by atoms with Gasteiger partial charge in [-0.2, -0.15) is 22.7 Å². The number of aryl methyl sites for hydroxylation is 1. The Bertz CT molecular complexity index is 1930. The van der Waals surface area contributed by atoms with Crippen LogP contribution in [0, 0.1) is 18.3 Å². The molecule has 1 aromatic carbocycles. The maximum absolute atomic E-state index is 12.9. The van der Waals surface area contributed by atoms with E-state index < -0.39 is 22.6 Å². The quantitative estimate of drug-likeness (QED) is 0.248. The van der Waals surface area contributed by atoms with Gasteiger partial charge in [0.25, 0.3) is 0 Å². The first-order valence-corrected chi connectivity index (χ1v) is 18.9. The van der Waals surface area contributed by atoms with Gasteiger partial charge in [-0.25, -0.2) is 18.4 Å². The van der Waals surface area contributed by atoms with Gasteiger partial charge in [0.2, 0.25) is 10.0 Å². The van der Waals surface area contributed by atoms with Crippen LogP contribution >= 0.6 is 11.3 Å². The number of anilines is 1. The number of nitrogens with one attached hydrogen (secondary N) is 1. The number of sulfonamides is 1. The first kappa shape index (κ1) is 34.6. The number of piperazine rings is 1. The molecule has 3 aromatic heterocycles. The van der Waals surface area contributed by atoms with Crippen molar-refractivity contribution in [1.82, 2.24) is 28.6 Å². The lowest BCUT2D eigenvalue weighted by Crippen LogP contribution is -2.58. The second kappa shape index (κ2) is 13.5. The van der Waals surface area contributed by atoms with Crippen molar-refractivity contribution in [2.24, 2.45) is 0 Å². The Kier molecular flexibility index (Phi) is 9.76. The molecule has 0 saturated carbocycles. The van der Waals surface area contributed by atoms with Gasteiger partial charge >= 0.3 is 6.18 Å². The topological polar surface area (TPSA) is 110 Å². The molecule has 0 radical (unpaired) electrons. The van der Waals surface area contributed by atoms with Crippen LogP contribution in [0.15, 0.2) is 30.6 Å². The molecule has 6 rings (SSSR count). The maximum Gasteiger partial charge on any atom is 0.393 e. The summed E-state index contributed by atoms with van der Waals surface area (Å²) in [6, 6.07) is 10.1. The number of halogens is 3. The van der Waals surface area contributed by atoms with Crippen LogP contribution < -0.4 is 5.32 Å². The van der Waals surface area contributed by atoms with E-state index in [0.717, 1.165) is 66.8 Å². The number of piperidine rings is 1. The Morgan fingerprint density at radius 3 is 2.40 bits per heavy atom. The SMILES string of the molecule is Cc1c(CN2CCC(Nc3ncnc4sc(CC(F)(F)F)cc34)CC2)ccc2c1cc(C#N)n2CCN1C[C@@H](C)N(S(C)(=O)=O)[C@@H](C)C1. The zero-order valence-electron chi connectivity index (χ0n) is 27.6. The highest BCUT2D eigenvalue weighted by molar-refractivity contribution is 7.88. The predicted octanol–water partition coefficient (Wildman–Crippen LogP) is 5.36. The second-order valence-corrected chi connectivity index (χ2v) is 16.3. The Morgan fingerprint density at radius 2 is 1.75 bits per heavy atom. The molecule has 0 unspecified atom stereocenters. The van der Waals surface area contributed by atoms with Crippen LogP contribution in [0.2, 0.25) is 0 Å². The molecule has 0 bridgehead atoms. The summed E-state index contributed by atoms with van der Waals surface area (Å²) in [4.78, 5) is 14.0. The van der Waals surface area contributed by atoms with Crippen LogP contribution in [0.4, 0.5) is 19.0 Å². The molecule has 2 aliphatic rings. The van der Waals surface area contributed by atoms with Crippen molar-refractivity contribution in [3.05, 3.63) is 52.3 Å². The predicted molar refractivity (Wildman–Crippen MR) is 183 cm³/mol. The summed E-state index contributed by atoms with van der Waals surface area (Å²) in [7, 11) is -3.27. The fourth-order valence-corrected chi connectivity index (χ4v) is 9.96. The lowest BCUT2D eigenvalue weighted by molar-refractivity contribution is -0.126. The average molecular weight is 703 g/mol. The van der Waals surface area contributed by atoms with E-state index in [1.807, 2.05) is 19.9 Å². The number of likely N-dealkylation sites (tertiary alicyclic amines) is 1. The summed E-state index contributed by atoms with van der Waals surface area (Å²) in [5, 5.41) is 15.2. The molecule has 2 saturated heterocycles. The number of benzene rings is 1. The Balaban J connectivity index is 1.08. The number of hydrogen-bond donors (Lipinski definition) is 1. The van der Waals surface area contributed by atoms with Crippen molar-refractivity contribution >= 4 is 48.3 Å². The van der Waals surface area contributed by atoms with Crippen LogP contribution in [0.3, 0.4) is 0 Å². The molecule has 48 heavy (non-hydrogen) atoms. The van der Waals surface area contributed by atoms with E-state index in [0.29, 0.717) is 41.4 Å². The van der Waals surface area contributed by atoms with Gasteiger partial charge in [0, 0.05) is 79.7 Å². The molecule has 258 valence electrons. The zero-order valence-corrected chi connectivity index (χ0v) is 29.2. The standard InChI is InChI=1S/C33H41F3N8O2S2/c1-21-17-42(18-22(2)44(21)48(4,45)46)11-12-43-26(16-37)13-28-23(3)24(5-6-30(28)43)19-41-9-7-25(8-10-41)40-31-29-14-27(15-33(34,35)36)47-32(29)39-20-38-31/h5-6,13-14,20-22,25H,7-12,15,17-19H2,1-4H3,(H,38,39,40)/t21-,22+. The minimum atomic E-state index is -4.27. The largest absolute Gasteiger partial charge is 0.393 e. The van der Waals surface area contributed by atoms with Crippen molar-refractivity contribution in [3.63, 3.8) is 0 Å². The summed E-state index contributed by atoms with van der Waals surface area (Å²) in [6.07, 6.45) is -0.818. The molecule has 5 heterocycles. The van der Waals surface area contributed by atoms with Gasteiger partial charge in [0.1, 0.15) is 28.7 Å². The Morgan fingerprint density at radius 1 is 1.04 bits per heavy atom. The van der Waals surface area contributed by atoms with Gasteiger partial charge < -0.3 is 9.88 Å². The maximum atomic E-state index is 12.9. The summed E-state index contributed by atoms with van der Waals surface area (Å²) in [5.41, 5.74) is 4.00. The molecule has 2 aliphatic heterocycles. The van der Waals surface area contributed by atoms with E-state index in [2.05, 4.69) is 54.8 Å². The molecule has 0 aliphatic carbocycles. The fraction of sp³-hybridized carbons (Fsp3) is 0.545. The Hall–Kier alpha value is -3.29. The highest BCUT2D eigenvalue weighted by Crippen LogP contribution is 2.33. The number of aromatic nitrogens is 3. The number of alkyl halides is 3. The summed E-state index contributed by atoms with van der Waals surface area (Å²) >= 11 is 1.06. The third-order valence-electron chi connectivity index (χ3n) is 9.60. The van der Waals surface area contributed by atoms with E-state index in [1.165, 1.54) is 18.1 Å². The van der Waals surface area contributed by atoms with Crippen molar-refractivity contribution in [3.8, 4) is 6.07 Å². The molecule has 0 spiro atoms. The van der Waals surface area contributed by atoms with Crippen molar-refractivity contribution < 1.29 is 21.6 Å². The smallest absolute Gasteiger partial charge is 0.367 e. The number of fused-ring (bicyclic) bond motifs is 2. The molecule has 4 aromatic rings. The second-order valence-electron chi connectivity index (χ2n) is 13.3. The van der Waals surface area contributed by atoms with Crippen LogP contribution in [0.25, 0.3) is 21.1 Å². The van der Waals surface area contributed by atoms with Crippen LogP contribution in [0.1, 0.15) is 48.4 Å². The van der Waals surface area contributed by atoms with Gasteiger partial charge in [0.05, 0.1) is 18.1 Å². The number of rotatable bonds is 9. The molecule has 2 fully saturated rings. The lowest BCUT2D eigenvalue weighted by atomic mass is 10.0. The van der Waals surface area contributed by atoms with Crippen molar-refractivity contribution in [1.29, 1.82) is 5.26 Å². The van der Waals surface area contributed by atoms with E-state index in [4.69, 9.17) is 0 Å². The zero-order chi connectivity index (χ0) is 34.4. The first-order chi connectivity index (χ1) is 22.7. The summed E-state index contributed by atoms with van der Waals surface area (Å²) in [6.45, 7) is 11.2. The molecule has 15 heteroatoms. The number of thiophene rings is 1. The normalized spacial score (nSPS) is 20.9. The first-order valence-electron chi connectivity index (χ1n) is 16.2. The summed E-state index contributed by atoms with van der Waals surface area (Å²) in [5.74, 6) is 0.586. The van der Waals surface area contributed by atoms with Crippen LogP contribution in [-0.2, 0) is 29.5 Å². The van der Waals surface area contributed by atoms with Gasteiger partial charge in [-0.1, -0.05) is 6.07 Å². The number of hydrogen-bond acceptors (Lipinski definition) is 9. The monoisotopic (exact) mass is 702 g/mol. The van der Waals surface area contributed by atoms with E-state index in [-0.39, 0.29) is 23.0 Å². The molecule has 10 nitrogen and oxygen atoms in total. The highest BCUT2D eigenvalue weighted by Gasteiger charge is 2.35. The third kappa shape index (κ3) is 7.47. The van der Waals surface area contributed by atoms with Gasteiger partial charge in [0.15, 0.2) is 0 Å².